The predicted molar refractivity (Wildman–Crippen MR) is 83.1 cm³/mol. The normalized spacial score (nSPS) is 12.9. The third-order valence-corrected chi connectivity index (χ3v) is 3.52. The first-order chi connectivity index (χ1) is 9.74. The molecule has 0 aliphatic rings. The van der Waals surface area contributed by atoms with E-state index in [1.54, 1.807) is 7.11 Å². The molecule has 20 heavy (non-hydrogen) atoms. The van der Waals surface area contributed by atoms with Gasteiger partial charge >= 0.3 is 0 Å². The van der Waals surface area contributed by atoms with Crippen LogP contribution >= 0.6 is 0 Å². The Hall–Kier alpha value is -1.32. The van der Waals surface area contributed by atoms with E-state index in [0.717, 1.165) is 43.8 Å². The van der Waals surface area contributed by atoms with Crippen LogP contribution in [-0.2, 0) is 4.74 Å². The van der Waals surface area contributed by atoms with E-state index in [1.807, 2.05) is 0 Å². The molecule has 0 bridgehead atoms. The van der Waals surface area contributed by atoms with Crippen molar-refractivity contribution in [1.29, 1.82) is 0 Å². The number of nitrogens with one attached hydrogen (secondary N) is 1. The molecule has 1 aromatic heterocycles. The molecule has 2 aromatic rings. The summed E-state index contributed by atoms with van der Waals surface area (Å²) in [5.74, 6) is 1.04. The SMILES string of the molecule is CCCNC(CCCOC)c1cc2cc(C)ccc2o1. The van der Waals surface area contributed by atoms with Gasteiger partial charge < -0.3 is 14.5 Å². The minimum Gasteiger partial charge on any atom is -0.459 e. The second-order valence-electron chi connectivity index (χ2n) is 5.33. The average molecular weight is 275 g/mol. The lowest BCUT2D eigenvalue weighted by molar-refractivity contribution is 0.187. The second-order valence-corrected chi connectivity index (χ2v) is 5.33. The lowest BCUT2D eigenvalue weighted by atomic mass is 10.1. The van der Waals surface area contributed by atoms with Crippen LogP contribution in [0.4, 0.5) is 0 Å². The average Bonchev–Trinajstić information content (AvgIpc) is 2.85. The molecule has 0 saturated carbocycles. The summed E-state index contributed by atoms with van der Waals surface area (Å²) < 4.78 is 11.2. The molecule has 0 aliphatic carbocycles. The summed E-state index contributed by atoms with van der Waals surface area (Å²) in [5, 5.41) is 4.76. The summed E-state index contributed by atoms with van der Waals surface area (Å²) in [5.41, 5.74) is 2.24. The molecular formula is C17H25NO2. The van der Waals surface area contributed by atoms with Crippen LogP contribution < -0.4 is 5.32 Å². The Balaban J connectivity index is 2.15. The van der Waals surface area contributed by atoms with Crippen LogP contribution in [0.15, 0.2) is 28.7 Å². The predicted octanol–water partition coefficient (Wildman–Crippen LogP) is 4.21. The number of methoxy groups -OCH3 is 1. The summed E-state index contributed by atoms with van der Waals surface area (Å²) in [6.07, 6.45) is 3.20. The molecule has 0 amide bonds. The fourth-order valence-electron chi connectivity index (χ4n) is 2.45. The first-order valence-corrected chi connectivity index (χ1v) is 7.47. The van der Waals surface area contributed by atoms with E-state index >= 15 is 0 Å². The standard InChI is InChI=1S/C17H25NO2/c1-4-9-18-15(6-5-10-19-3)17-12-14-11-13(2)7-8-16(14)20-17/h7-8,11-12,15,18H,4-6,9-10H2,1-3H3. The van der Waals surface area contributed by atoms with Crippen molar-refractivity contribution in [2.24, 2.45) is 0 Å². The van der Waals surface area contributed by atoms with Gasteiger partial charge in [0.05, 0.1) is 6.04 Å². The van der Waals surface area contributed by atoms with E-state index in [9.17, 15) is 0 Å². The lowest BCUT2D eigenvalue weighted by Crippen LogP contribution is -2.22. The maximum atomic E-state index is 6.01. The van der Waals surface area contributed by atoms with Crippen LogP contribution in [0, 0.1) is 6.92 Å². The second kappa shape index (κ2) is 7.46. The minimum atomic E-state index is 0.276. The maximum Gasteiger partial charge on any atom is 0.134 e. The summed E-state index contributed by atoms with van der Waals surface area (Å²) in [4.78, 5) is 0. The third-order valence-electron chi connectivity index (χ3n) is 3.52. The zero-order valence-electron chi connectivity index (χ0n) is 12.7. The van der Waals surface area contributed by atoms with Crippen molar-refractivity contribution in [3.8, 4) is 0 Å². The van der Waals surface area contributed by atoms with Crippen LogP contribution in [0.1, 0.15) is 43.6 Å². The van der Waals surface area contributed by atoms with Gasteiger partial charge in [-0.25, -0.2) is 0 Å². The molecule has 1 atom stereocenters. The first kappa shape index (κ1) is 15.1. The van der Waals surface area contributed by atoms with Crippen LogP contribution in [0.5, 0.6) is 0 Å². The van der Waals surface area contributed by atoms with E-state index in [-0.39, 0.29) is 6.04 Å². The first-order valence-electron chi connectivity index (χ1n) is 7.47. The monoisotopic (exact) mass is 275 g/mol. The number of furan rings is 1. The topological polar surface area (TPSA) is 34.4 Å². The minimum absolute atomic E-state index is 0.276. The van der Waals surface area contributed by atoms with Crippen molar-refractivity contribution in [1.82, 2.24) is 5.32 Å². The van der Waals surface area contributed by atoms with Gasteiger partial charge in [-0.15, -0.1) is 0 Å². The highest BCUT2D eigenvalue weighted by Crippen LogP contribution is 2.27. The van der Waals surface area contributed by atoms with Crippen LogP contribution in [0.2, 0.25) is 0 Å². The van der Waals surface area contributed by atoms with Crippen molar-refractivity contribution in [3.63, 3.8) is 0 Å². The number of aryl methyl sites for hydroxylation is 1. The molecule has 0 aliphatic heterocycles. The quantitative estimate of drug-likeness (QED) is 0.733. The highest BCUT2D eigenvalue weighted by molar-refractivity contribution is 5.78. The summed E-state index contributed by atoms with van der Waals surface area (Å²) in [6.45, 7) is 6.09. The molecule has 110 valence electrons. The molecule has 1 unspecified atom stereocenters. The molecule has 3 heteroatoms. The Bertz CT molecular complexity index is 533. The number of ether oxygens (including phenoxy) is 1. The van der Waals surface area contributed by atoms with Gasteiger partial charge in [0.25, 0.3) is 0 Å². The van der Waals surface area contributed by atoms with E-state index in [0.29, 0.717) is 0 Å². The fourth-order valence-corrected chi connectivity index (χ4v) is 2.45. The maximum absolute atomic E-state index is 6.01. The molecule has 0 saturated heterocycles. The highest BCUT2D eigenvalue weighted by atomic mass is 16.5. The highest BCUT2D eigenvalue weighted by Gasteiger charge is 2.15. The summed E-state index contributed by atoms with van der Waals surface area (Å²) in [6, 6.07) is 8.77. The number of rotatable bonds is 8. The van der Waals surface area contributed by atoms with Gasteiger partial charge in [-0.1, -0.05) is 18.6 Å². The van der Waals surface area contributed by atoms with E-state index in [4.69, 9.17) is 9.15 Å². The van der Waals surface area contributed by atoms with Crippen molar-refractivity contribution in [2.45, 2.75) is 39.2 Å². The molecular weight excluding hydrogens is 250 g/mol. The Labute approximate surface area is 121 Å². The van der Waals surface area contributed by atoms with Crippen molar-refractivity contribution in [2.75, 3.05) is 20.3 Å². The van der Waals surface area contributed by atoms with Gasteiger partial charge in [0.2, 0.25) is 0 Å². The number of fused-ring (bicyclic) bond motifs is 1. The Morgan fingerprint density at radius 1 is 1.30 bits per heavy atom. The lowest BCUT2D eigenvalue weighted by Gasteiger charge is -2.15. The van der Waals surface area contributed by atoms with Crippen molar-refractivity contribution >= 4 is 11.0 Å². The van der Waals surface area contributed by atoms with Gasteiger partial charge in [-0.05, 0) is 50.9 Å². The number of benzene rings is 1. The van der Waals surface area contributed by atoms with Gasteiger partial charge in [-0.2, -0.15) is 0 Å². The molecule has 0 fully saturated rings. The largest absolute Gasteiger partial charge is 0.459 e. The molecule has 1 N–H and O–H groups in total. The third kappa shape index (κ3) is 3.84. The number of hydrogen-bond acceptors (Lipinski definition) is 3. The van der Waals surface area contributed by atoms with E-state index in [2.05, 4.69) is 43.4 Å². The van der Waals surface area contributed by atoms with E-state index in [1.165, 1.54) is 10.9 Å². The fraction of sp³-hybridized carbons (Fsp3) is 0.529. The van der Waals surface area contributed by atoms with Gasteiger partial charge in [-0.3, -0.25) is 0 Å². The van der Waals surface area contributed by atoms with Crippen LogP contribution in [0.3, 0.4) is 0 Å². The van der Waals surface area contributed by atoms with E-state index < -0.39 is 0 Å². The van der Waals surface area contributed by atoms with Crippen LogP contribution in [0.25, 0.3) is 11.0 Å². The molecule has 0 spiro atoms. The molecule has 2 rings (SSSR count). The molecule has 1 heterocycles. The van der Waals surface area contributed by atoms with Crippen LogP contribution in [-0.4, -0.2) is 20.3 Å². The van der Waals surface area contributed by atoms with Crippen molar-refractivity contribution < 1.29 is 9.15 Å². The van der Waals surface area contributed by atoms with Gasteiger partial charge in [0, 0.05) is 19.1 Å². The Morgan fingerprint density at radius 3 is 2.90 bits per heavy atom. The Morgan fingerprint density at radius 2 is 2.15 bits per heavy atom. The molecule has 1 aromatic carbocycles. The molecule has 0 radical (unpaired) electrons. The van der Waals surface area contributed by atoms with Gasteiger partial charge in [0.1, 0.15) is 11.3 Å². The number of hydrogen-bond donors (Lipinski definition) is 1. The summed E-state index contributed by atoms with van der Waals surface area (Å²) >= 11 is 0. The molecule has 3 nitrogen and oxygen atoms in total. The smallest absolute Gasteiger partial charge is 0.134 e. The van der Waals surface area contributed by atoms with Gasteiger partial charge in [0.15, 0.2) is 0 Å². The zero-order valence-corrected chi connectivity index (χ0v) is 12.7. The van der Waals surface area contributed by atoms with Crippen molar-refractivity contribution in [3.05, 3.63) is 35.6 Å². The summed E-state index contributed by atoms with van der Waals surface area (Å²) in [7, 11) is 1.75. The zero-order chi connectivity index (χ0) is 14.4. The Kier molecular flexibility index (Phi) is 5.62.